The Balaban J connectivity index is 1.74. The smallest absolute Gasteiger partial charge is 0.306 e. The largest absolute Gasteiger partial charge is 0.481 e. The number of amides is 1. The van der Waals surface area contributed by atoms with Gasteiger partial charge in [-0.25, -0.2) is 0 Å². The quantitative estimate of drug-likeness (QED) is 0.855. The number of para-hydroxylation sites is 1. The maximum Gasteiger partial charge on any atom is 0.306 e. The van der Waals surface area contributed by atoms with Gasteiger partial charge in [-0.3, -0.25) is 9.59 Å². The van der Waals surface area contributed by atoms with Crippen LogP contribution in [0, 0.1) is 18.8 Å². The lowest BCUT2D eigenvalue weighted by Crippen LogP contribution is -2.22. The number of ether oxygens (including phenoxy) is 1. The van der Waals surface area contributed by atoms with Crippen LogP contribution in [-0.4, -0.2) is 17.0 Å². The van der Waals surface area contributed by atoms with Crippen LogP contribution in [-0.2, 0) is 9.59 Å². The van der Waals surface area contributed by atoms with E-state index in [0.29, 0.717) is 36.4 Å². The molecule has 25 heavy (non-hydrogen) atoms. The zero-order valence-corrected chi connectivity index (χ0v) is 14.1. The highest BCUT2D eigenvalue weighted by Crippen LogP contribution is 2.34. The van der Waals surface area contributed by atoms with Crippen LogP contribution >= 0.6 is 0 Å². The molecule has 2 N–H and O–H groups in total. The molecule has 5 heteroatoms. The summed E-state index contributed by atoms with van der Waals surface area (Å²) in [4.78, 5) is 23.6. The Morgan fingerprint density at radius 1 is 1.08 bits per heavy atom. The first-order valence-electron chi connectivity index (χ1n) is 8.40. The summed E-state index contributed by atoms with van der Waals surface area (Å²) in [7, 11) is 0. The van der Waals surface area contributed by atoms with Crippen LogP contribution in [0.4, 0.5) is 5.69 Å². The van der Waals surface area contributed by atoms with Crippen LogP contribution in [0.25, 0.3) is 0 Å². The first kappa shape index (κ1) is 17.0. The highest BCUT2D eigenvalue weighted by Gasteiger charge is 2.34. The fourth-order valence-electron chi connectivity index (χ4n) is 3.12. The molecule has 5 nitrogen and oxygen atoms in total. The standard InChI is InChI=1S/C20H21NO4/c1-13-7-10-18(25-16-5-3-2-4-6-16)17(11-13)21-19(22)14-8-9-15(12-14)20(23)24/h2-7,10-11,14-15H,8-9,12H2,1H3,(H,21,22)(H,23,24)/t14-,15+/m1/s1. The van der Waals surface area contributed by atoms with E-state index in [4.69, 9.17) is 9.84 Å². The van der Waals surface area contributed by atoms with E-state index in [-0.39, 0.29) is 11.8 Å². The van der Waals surface area contributed by atoms with Crippen molar-refractivity contribution >= 4 is 17.6 Å². The Morgan fingerprint density at radius 3 is 2.48 bits per heavy atom. The third kappa shape index (κ3) is 4.18. The van der Waals surface area contributed by atoms with E-state index < -0.39 is 11.9 Å². The number of nitrogens with one attached hydrogen (secondary N) is 1. The minimum atomic E-state index is -0.820. The molecule has 2 aromatic rings. The van der Waals surface area contributed by atoms with Crippen LogP contribution in [0.15, 0.2) is 48.5 Å². The molecule has 0 heterocycles. The zero-order chi connectivity index (χ0) is 17.8. The number of anilines is 1. The van der Waals surface area contributed by atoms with Crippen molar-refractivity contribution in [1.29, 1.82) is 0 Å². The van der Waals surface area contributed by atoms with Crippen molar-refractivity contribution in [3.05, 3.63) is 54.1 Å². The van der Waals surface area contributed by atoms with E-state index in [2.05, 4.69) is 5.32 Å². The summed E-state index contributed by atoms with van der Waals surface area (Å²) in [6, 6.07) is 15.0. The van der Waals surface area contributed by atoms with E-state index in [1.165, 1.54) is 0 Å². The average molecular weight is 339 g/mol. The predicted molar refractivity (Wildman–Crippen MR) is 94.8 cm³/mol. The zero-order valence-electron chi connectivity index (χ0n) is 14.1. The van der Waals surface area contributed by atoms with Gasteiger partial charge in [-0.2, -0.15) is 0 Å². The molecule has 130 valence electrons. The van der Waals surface area contributed by atoms with E-state index in [9.17, 15) is 9.59 Å². The fourth-order valence-corrected chi connectivity index (χ4v) is 3.12. The first-order valence-corrected chi connectivity index (χ1v) is 8.40. The monoisotopic (exact) mass is 339 g/mol. The second kappa shape index (κ2) is 7.38. The van der Waals surface area contributed by atoms with Crippen LogP contribution in [0.5, 0.6) is 11.5 Å². The van der Waals surface area contributed by atoms with Gasteiger partial charge in [-0.05, 0) is 56.0 Å². The van der Waals surface area contributed by atoms with Gasteiger partial charge in [0.05, 0.1) is 11.6 Å². The van der Waals surface area contributed by atoms with Gasteiger partial charge in [-0.1, -0.05) is 24.3 Å². The van der Waals surface area contributed by atoms with Crippen molar-refractivity contribution in [2.24, 2.45) is 11.8 Å². The molecule has 1 amide bonds. The van der Waals surface area contributed by atoms with E-state index in [1.54, 1.807) is 0 Å². The number of aliphatic carboxylic acids is 1. The summed E-state index contributed by atoms with van der Waals surface area (Å²) in [5.41, 5.74) is 1.61. The molecule has 3 rings (SSSR count). The maximum absolute atomic E-state index is 12.5. The summed E-state index contributed by atoms with van der Waals surface area (Å²) in [6.45, 7) is 1.94. The van der Waals surface area contributed by atoms with Gasteiger partial charge >= 0.3 is 5.97 Å². The molecular formula is C20H21NO4. The highest BCUT2D eigenvalue weighted by molar-refractivity contribution is 5.94. The molecule has 0 bridgehead atoms. The number of hydrogen-bond acceptors (Lipinski definition) is 3. The van der Waals surface area contributed by atoms with Crippen molar-refractivity contribution in [3.8, 4) is 11.5 Å². The van der Waals surface area contributed by atoms with Crippen molar-refractivity contribution < 1.29 is 19.4 Å². The fraction of sp³-hybridized carbons (Fsp3) is 0.300. The molecule has 2 atom stereocenters. The predicted octanol–water partition coefficient (Wildman–Crippen LogP) is 4.23. The lowest BCUT2D eigenvalue weighted by atomic mass is 10.0. The molecule has 0 unspecified atom stereocenters. The Hall–Kier alpha value is -2.82. The molecule has 1 fully saturated rings. The van der Waals surface area contributed by atoms with E-state index >= 15 is 0 Å². The van der Waals surface area contributed by atoms with Gasteiger partial charge in [-0.15, -0.1) is 0 Å². The normalized spacial score (nSPS) is 19.4. The Morgan fingerprint density at radius 2 is 1.80 bits per heavy atom. The summed E-state index contributed by atoms with van der Waals surface area (Å²) in [5.74, 6) is -0.405. The molecule has 0 aliphatic heterocycles. The van der Waals surface area contributed by atoms with E-state index in [1.807, 2.05) is 55.5 Å². The summed E-state index contributed by atoms with van der Waals surface area (Å²) in [5, 5.41) is 12.0. The van der Waals surface area contributed by atoms with E-state index in [0.717, 1.165) is 5.56 Å². The number of hydrogen-bond donors (Lipinski definition) is 2. The van der Waals surface area contributed by atoms with Crippen LogP contribution in [0.2, 0.25) is 0 Å². The molecule has 0 saturated heterocycles. The molecule has 0 aromatic heterocycles. The number of carbonyl (C=O) groups is 2. The molecular weight excluding hydrogens is 318 g/mol. The number of carboxylic acid groups (broad SMARTS) is 1. The topological polar surface area (TPSA) is 75.6 Å². The Labute approximate surface area is 146 Å². The third-order valence-corrected chi connectivity index (χ3v) is 4.52. The SMILES string of the molecule is Cc1ccc(Oc2ccccc2)c(NC(=O)[C@@H]2CC[C@H](C(=O)O)C2)c1. The second-order valence-corrected chi connectivity index (χ2v) is 6.45. The van der Waals surface area contributed by atoms with Crippen LogP contribution < -0.4 is 10.1 Å². The van der Waals surface area contributed by atoms with Gasteiger partial charge in [0, 0.05) is 5.92 Å². The third-order valence-electron chi connectivity index (χ3n) is 4.52. The van der Waals surface area contributed by atoms with Crippen LogP contribution in [0.3, 0.4) is 0 Å². The van der Waals surface area contributed by atoms with Crippen molar-refractivity contribution in [2.75, 3.05) is 5.32 Å². The molecule has 0 spiro atoms. The minimum absolute atomic E-state index is 0.146. The van der Waals surface area contributed by atoms with Gasteiger partial charge < -0.3 is 15.2 Å². The minimum Gasteiger partial charge on any atom is -0.481 e. The second-order valence-electron chi connectivity index (χ2n) is 6.45. The molecule has 0 radical (unpaired) electrons. The Bertz CT molecular complexity index is 773. The lowest BCUT2D eigenvalue weighted by Gasteiger charge is -2.15. The lowest BCUT2D eigenvalue weighted by molar-refractivity contribution is -0.141. The van der Waals surface area contributed by atoms with Gasteiger partial charge in [0.1, 0.15) is 5.75 Å². The molecule has 2 aromatic carbocycles. The summed E-state index contributed by atoms with van der Waals surface area (Å²) < 4.78 is 5.88. The van der Waals surface area contributed by atoms with Gasteiger partial charge in [0.15, 0.2) is 5.75 Å². The van der Waals surface area contributed by atoms with Crippen molar-refractivity contribution in [1.82, 2.24) is 0 Å². The average Bonchev–Trinajstić information content (AvgIpc) is 3.09. The Kier molecular flexibility index (Phi) is 5.03. The maximum atomic E-state index is 12.5. The number of carbonyl (C=O) groups excluding carboxylic acids is 1. The van der Waals surface area contributed by atoms with Crippen molar-refractivity contribution in [3.63, 3.8) is 0 Å². The molecule has 1 saturated carbocycles. The molecule has 1 aliphatic rings. The number of rotatable bonds is 5. The van der Waals surface area contributed by atoms with Gasteiger partial charge in [0.25, 0.3) is 0 Å². The van der Waals surface area contributed by atoms with Gasteiger partial charge in [0.2, 0.25) is 5.91 Å². The van der Waals surface area contributed by atoms with Crippen LogP contribution in [0.1, 0.15) is 24.8 Å². The number of aryl methyl sites for hydroxylation is 1. The number of carboxylic acids is 1. The molecule has 1 aliphatic carbocycles. The first-order chi connectivity index (χ1) is 12.0. The summed E-state index contributed by atoms with van der Waals surface area (Å²) >= 11 is 0. The number of benzene rings is 2. The summed E-state index contributed by atoms with van der Waals surface area (Å²) in [6.07, 6.45) is 1.54. The highest BCUT2D eigenvalue weighted by atomic mass is 16.5. The van der Waals surface area contributed by atoms with Crippen molar-refractivity contribution in [2.45, 2.75) is 26.2 Å².